The van der Waals surface area contributed by atoms with E-state index in [9.17, 15) is 5.11 Å². The Morgan fingerprint density at radius 2 is 1.75 bits per heavy atom. The molecule has 2 aromatic carbocycles. The van der Waals surface area contributed by atoms with Gasteiger partial charge in [0.15, 0.2) is 11.5 Å². The van der Waals surface area contributed by atoms with Crippen LogP contribution in [0.4, 0.5) is 0 Å². The first-order valence-electron chi connectivity index (χ1n) is 8.04. The summed E-state index contributed by atoms with van der Waals surface area (Å²) in [6.07, 6.45) is 1.97. The second-order valence-corrected chi connectivity index (χ2v) is 7.15. The van der Waals surface area contributed by atoms with Gasteiger partial charge in [-0.25, -0.2) is 0 Å². The smallest absolute Gasteiger partial charge is 0.160 e. The Labute approximate surface area is 152 Å². The summed E-state index contributed by atoms with van der Waals surface area (Å²) < 4.78 is 5.17. The molecule has 5 heteroatoms. The molecule has 0 bridgehead atoms. The van der Waals surface area contributed by atoms with Gasteiger partial charge in [-0.2, -0.15) is 0 Å². The Kier molecular flexibility index (Phi) is 5.24. The standard InChI is InChI=1S/C19H21Cl2NO2/c1-12(3-4-13-5-6-18(23)19(7-13)24-2)22-10-14-8-16(20)17(21)9-15(14)11-22/h5-9,12,23H,3-4,10-11H2,1-2H3/t12-/m1/s1. The van der Waals surface area contributed by atoms with Crippen LogP contribution in [0.1, 0.15) is 30.0 Å². The Bertz CT molecular complexity index is 717. The molecular formula is C19H21Cl2NO2. The number of aryl methyl sites for hydroxylation is 1. The highest BCUT2D eigenvalue weighted by Crippen LogP contribution is 2.33. The van der Waals surface area contributed by atoms with Gasteiger partial charge in [0.05, 0.1) is 17.2 Å². The lowest BCUT2D eigenvalue weighted by Gasteiger charge is -2.23. The molecule has 1 N–H and O–H groups in total. The molecule has 1 atom stereocenters. The summed E-state index contributed by atoms with van der Waals surface area (Å²) in [6.45, 7) is 4.06. The van der Waals surface area contributed by atoms with Crippen molar-refractivity contribution in [2.45, 2.75) is 38.9 Å². The van der Waals surface area contributed by atoms with Crippen LogP contribution in [-0.2, 0) is 19.5 Å². The van der Waals surface area contributed by atoms with Crippen molar-refractivity contribution >= 4 is 23.2 Å². The Hall–Kier alpha value is -1.42. The molecule has 128 valence electrons. The molecular weight excluding hydrogens is 345 g/mol. The molecule has 1 aliphatic heterocycles. The van der Waals surface area contributed by atoms with Crippen LogP contribution in [0, 0.1) is 0 Å². The van der Waals surface area contributed by atoms with Gasteiger partial charge in [-0.1, -0.05) is 29.3 Å². The Morgan fingerprint density at radius 1 is 1.12 bits per heavy atom. The predicted octanol–water partition coefficient (Wildman–Crippen LogP) is 5.04. The SMILES string of the molecule is COc1cc(CC[C@@H](C)N2Cc3cc(Cl)c(Cl)cc3C2)ccc1O. The average molecular weight is 366 g/mol. The number of halogens is 2. The van der Waals surface area contributed by atoms with Crippen LogP contribution in [0.2, 0.25) is 10.0 Å². The monoisotopic (exact) mass is 365 g/mol. The first-order valence-corrected chi connectivity index (χ1v) is 8.80. The minimum Gasteiger partial charge on any atom is -0.504 e. The van der Waals surface area contributed by atoms with Crippen molar-refractivity contribution in [1.82, 2.24) is 4.90 Å². The number of phenolic OH excluding ortho intramolecular Hbond substituents is 1. The molecule has 0 radical (unpaired) electrons. The third-order valence-electron chi connectivity index (χ3n) is 4.71. The van der Waals surface area contributed by atoms with E-state index in [1.807, 2.05) is 24.3 Å². The first-order chi connectivity index (χ1) is 11.5. The van der Waals surface area contributed by atoms with Crippen LogP contribution < -0.4 is 4.74 Å². The van der Waals surface area contributed by atoms with Gasteiger partial charge in [0.2, 0.25) is 0 Å². The van der Waals surface area contributed by atoms with Crippen LogP contribution in [0.3, 0.4) is 0 Å². The largest absolute Gasteiger partial charge is 0.504 e. The lowest BCUT2D eigenvalue weighted by atomic mass is 10.0. The number of benzene rings is 2. The van der Waals surface area contributed by atoms with E-state index in [-0.39, 0.29) is 5.75 Å². The molecule has 0 fully saturated rings. The van der Waals surface area contributed by atoms with Crippen molar-refractivity contribution in [3.63, 3.8) is 0 Å². The fraction of sp³-hybridized carbons (Fsp3) is 0.368. The quantitative estimate of drug-likeness (QED) is 0.804. The maximum Gasteiger partial charge on any atom is 0.160 e. The zero-order valence-corrected chi connectivity index (χ0v) is 15.4. The molecule has 0 amide bonds. The van der Waals surface area contributed by atoms with Gasteiger partial charge in [-0.05, 0) is 60.7 Å². The molecule has 0 spiro atoms. The van der Waals surface area contributed by atoms with Crippen molar-refractivity contribution in [2.24, 2.45) is 0 Å². The molecule has 3 rings (SSSR count). The van der Waals surface area contributed by atoms with E-state index in [0.717, 1.165) is 25.9 Å². The number of nitrogens with zero attached hydrogens (tertiary/aromatic N) is 1. The first kappa shape index (κ1) is 17.4. The van der Waals surface area contributed by atoms with E-state index in [0.29, 0.717) is 21.8 Å². The summed E-state index contributed by atoms with van der Waals surface area (Å²) in [4.78, 5) is 2.44. The van der Waals surface area contributed by atoms with E-state index >= 15 is 0 Å². The highest BCUT2D eigenvalue weighted by Gasteiger charge is 2.24. The minimum atomic E-state index is 0.179. The summed E-state index contributed by atoms with van der Waals surface area (Å²) in [7, 11) is 1.57. The summed E-state index contributed by atoms with van der Waals surface area (Å²) in [5, 5.41) is 10.9. The number of rotatable bonds is 5. The van der Waals surface area contributed by atoms with Crippen LogP contribution in [0.15, 0.2) is 30.3 Å². The Balaban J connectivity index is 1.61. The van der Waals surface area contributed by atoms with Crippen molar-refractivity contribution < 1.29 is 9.84 Å². The van der Waals surface area contributed by atoms with Gasteiger partial charge in [0, 0.05) is 19.1 Å². The average Bonchev–Trinajstić information content (AvgIpc) is 2.97. The zero-order valence-electron chi connectivity index (χ0n) is 13.9. The van der Waals surface area contributed by atoms with Crippen LogP contribution in [-0.4, -0.2) is 23.2 Å². The molecule has 24 heavy (non-hydrogen) atoms. The molecule has 0 unspecified atom stereocenters. The lowest BCUT2D eigenvalue weighted by Crippen LogP contribution is -2.28. The van der Waals surface area contributed by atoms with Gasteiger partial charge in [-0.15, -0.1) is 0 Å². The predicted molar refractivity (Wildman–Crippen MR) is 98.2 cm³/mol. The second-order valence-electron chi connectivity index (χ2n) is 6.33. The van der Waals surface area contributed by atoms with E-state index in [4.69, 9.17) is 27.9 Å². The van der Waals surface area contributed by atoms with E-state index < -0.39 is 0 Å². The van der Waals surface area contributed by atoms with Gasteiger partial charge < -0.3 is 9.84 Å². The summed E-state index contributed by atoms with van der Waals surface area (Å²) in [6, 6.07) is 9.94. The maximum absolute atomic E-state index is 9.68. The maximum atomic E-state index is 9.68. The summed E-state index contributed by atoms with van der Waals surface area (Å²) in [5.41, 5.74) is 3.70. The minimum absolute atomic E-state index is 0.179. The van der Waals surface area contributed by atoms with Gasteiger partial charge >= 0.3 is 0 Å². The van der Waals surface area contributed by atoms with Crippen LogP contribution in [0.5, 0.6) is 11.5 Å². The van der Waals surface area contributed by atoms with Crippen molar-refractivity contribution in [1.29, 1.82) is 0 Å². The number of aromatic hydroxyl groups is 1. The van der Waals surface area contributed by atoms with E-state index in [1.54, 1.807) is 13.2 Å². The van der Waals surface area contributed by atoms with Crippen molar-refractivity contribution in [3.05, 3.63) is 57.1 Å². The third kappa shape index (κ3) is 3.64. The highest BCUT2D eigenvalue weighted by molar-refractivity contribution is 6.42. The van der Waals surface area contributed by atoms with Gasteiger partial charge in [-0.3, -0.25) is 4.90 Å². The molecule has 0 saturated heterocycles. The van der Waals surface area contributed by atoms with Crippen LogP contribution >= 0.6 is 23.2 Å². The second kappa shape index (κ2) is 7.22. The number of hydrogen-bond acceptors (Lipinski definition) is 3. The molecule has 0 aromatic heterocycles. The van der Waals surface area contributed by atoms with E-state index in [2.05, 4.69) is 11.8 Å². The number of ether oxygens (including phenoxy) is 1. The fourth-order valence-electron chi connectivity index (χ4n) is 3.16. The molecule has 0 aliphatic carbocycles. The molecule has 1 aliphatic rings. The number of hydrogen-bond donors (Lipinski definition) is 1. The van der Waals surface area contributed by atoms with Gasteiger partial charge in [0.25, 0.3) is 0 Å². The molecule has 2 aromatic rings. The highest BCUT2D eigenvalue weighted by atomic mass is 35.5. The van der Waals surface area contributed by atoms with E-state index in [1.165, 1.54) is 16.7 Å². The summed E-state index contributed by atoms with van der Waals surface area (Å²) >= 11 is 12.2. The fourth-order valence-corrected chi connectivity index (χ4v) is 3.54. The molecule has 0 saturated carbocycles. The number of fused-ring (bicyclic) bond motifs is 1. The van der Waals surface area contributed by atoms with Gasteiger partial charge in [0.1, 0.15) is 0 Å². The van der Waals surface area contributed by atoms with Crippen LogP contribution in [0.25, 0.3) is 0 Å². The lowest BCUT2D eigenvalue weighted by molar-refractivity contribution is 0.203. The third-order valence-corrected chi connectivity index (χ3v) is 5.43. The molecule has 3 nitrogen and oxygen atoms in total. The molecule has 1 heterocycles. The summed E-state index contributed by atoms with van der Waals surface area (Å²) in [5.74, 6) is 0.705. The Morgan fingerprint density at radius 3 is 2.33 bits per heavy atom. The van der Waals surface area contributed by atoms with Crippen molar-refractivity contribution in [2.75, 3.05) is 7.11 Å². The number of phenols is 1. The normalized spacial score (nSPS) is 15.3. The zero-order chi connectivity index (χ0) is 17.3. The topological polar surface area (TPSA) is 32.7 Å². The number of methoxy groups -OCH3 is 1. The van der Waals surface area contributed by atoms with Crippen molar-refractivity contribution in [3.8, 4) is 11.5 Å².